The number of aliphatic hydroxyl groups is 2. The molecular formula is C12H26O4Si. The molecule has 4 nitrogen and oxygen atoms in total. The fourth-order valence-electron chi connectivity index (χ4n) is 2.32. The average molecular weight is 262 g/mol. The molecule has 1 aliphatic rings. The van der Waals surface area contributed by atoms with Crippen molar-refractivity contribution in [1.29, 1.82) is 0 Å². The van der Waals surface area contributed by atoms with Crippen molar-refractivity contribution in [3.05, 3.63) is 0 Å². The van der Waals surface area contributed by atoms with E-state index in [1.807, 2.05) is 0 Å². The minimum absolute atomic E-state index is 0.327. The molecule has 0 aromatic rings. The SMILES string of the molecule is C[Si](C)(CCCOC(O)CO)C1CCCCO1. The maximum atomic E-state index is 9.05. The topological polar surface area (TPSA) is 58.9 Å². The van der Waals surface area contributed by atoms with Crippen LogP contribution in [-0.4, -0.2) is 50.1 Å². The molecule has 2 atom stereocenters. The van der Waals surface area contributed by atoms with Crippen molar-refractivity contribution in [1.82, 2.24) is 0 Å². The van der Waals surface area contributed by atoms with Gasteiger partial charge in [0.2, 0.25) is 0 Å². The molecule has 2 N–H and O–H groups in total. The molecule has 1 heterocycles. The van der Waals surface area contributed by atoms with Crippen LogP contribution in [0.2, 0.25) is 19.1 Å². The van der Waals surface area contributed by atoms with Gasteiger partial charge in [-0.05, 0) is 25.7 Å². The Morgan fingerprint density at radius 2 is 2.18 bits per heavy atom. The third-order valence-electron chi connectivity index (χ3n) is 3.48. The van der Waals surface area contributed by atoms with Gasteiger partial charge in [-0.1, -0.05) is 19.1 Å². The lowest BCUT2D eigenvalue weighted by Gasteiger charge is -2.35. The lowest BCUT2D eigenvalue weighted by Crippen LogP contribution is -2.45. The summed E-state index contributed by atoms with van der Waals surface area (Å²) >= 11 is 0. The zero-order valence-electron chi connectivity index (χ0n) is 11.0. The molecule has 2 unspecified atom stereocenters. The Labute approximate surface area is 105 Å². The van der Waals surface area contributed by atoms with Crippen LogP contribution < -0.4 is 0 Å². The lowest BCUT2D eigenvalue weighted by molar-refractivity contribution is -0.124. The average Bonchev–Trinajstić information content (AvgIpc) is 2.35. The third kappa shape index (κ3) is 5.48. The Hall–Kier alpha value is 0.0569. The predicted octanol–water partition coefficient (Wildman–Crippen LogP) is 1.52. The third-order valence-corrected chi connectivity index (χ3v) is 7.32. The first-order chi connectivity index (χ1) is 8.06. The second-order valence-electron chi connectivity index (χ2n) is 5.46. The summed E-state index contributed by atoms with van der Waals surface area (Å²) in [6.07, 6.45) is 3.62. The highest BCUT2D eigenvalue weighted by molar-refractivity contribution is 6.78. The van der Waals surface area contributed by atoms with E-state index in [0.717, 1.165) is 19.1 Å². The summed E-state index contributed by atoms with van der Waals surface area (Å²) in [5.41, 5.74) is 0.485. The van der Waals surface area contributed by atoms with Crippen LogP contribution in [-0.2, 0) is 9.47 Å². The monoisotopic (exact) mass is 262 g/mol. The van der Waals surface area contributed by atoms with Crippen LogP contribution in [0.1, 0.15) is 25.7 Å². The number of hydrogen-bond acceptors (Lipinski definition) is 4. The van der Waals surface area contributed by atoms with Crippen molar-refractivity contribution >= 4 is 8.07 Å². The fourth-order valence-corrected chi connectivity index (χ4v) is 5.25. The Bertz CT molecular complexity index is 205. The summed E-state index contributed by atoms with van der Waals surface area (Å²) in [6, 6.07) is 1.15. The highest BCUT2D eigenvalue weighted by Crippen LogP contribution is 2.26. The minimum atomic E-state index is -1.33. The van der Waals surface area contributed by atoms with Crippen LogP contribution in [0.3, 0.4) is 0 Å². The first-order valence-electron chi connectivity index (χ1n) is 6.58. The van der Waals surface area contributed by atoms with Crippen molar-refractivity contribution in [3.8, 4) is 0 Å². The van der Waals surface area contributed by atoms with Gasteiger partial charge in [-0.3, -0.25) is 0 Å². The quantitative estimate of drug-likeness (QED) is 0.415. The van der Waals surface area contributed by atoms with Crippen LogP contribution in [0.25, 0.3) is 0 Å². The molecule has 1 aliphatic heterocycles. The van der Waals surface area contributed by atoms with E-state index in [1.165, 1.54) is 19.3 Å². The van der Waals surface area contributed by atoms with E-state index < -0.39 is 14.4 Å². The zero-order valence-corrected chi connectivity index (χ0v) is 12.0. The van der Waals surface area contributed by atoms with Crippen molar-refractivity contribution in [2.45, 2.75) is 56.8 Å². The van der Waals surface area contributed by atoms with Gasteiger partial charge in [-0.2, -0.15) is 0 Å². The number of rotatable bonds is 7. The lowest BCUT2D eigenvalue weighted by atomic mass is 10.2. The summed E-state index contributed by atoms with van der Waals surface area (Å²) < 4.78 is 10.9. The largest absolute Gasteiger partial charge is 0.391 e. The second-order valence-corrected chi connectivity index (χ2v) is 10.6. The highest BCUT2D eigenvalue weighted by Gasteiger charge is 2.33. The summed E-state index contributed by atoms with van der Waals surface area (Å²) in [5, 5.41) is 17.7. The molecule has 0 radical (unpaired) electrons. The van der Waals surface area contributed by atoms with Crippen LogP contribution in [0.5, 0.6) is 0 Å². The molecule has 0 aromatic heterocycles. The Morgan fingerprint density at radius 3 is 2.76 bits per heavy atom. The van der Waals surface area contributed by atoms with Gasteiger partial charge in [0.05, 0.1) is 14.7 Å². The molecule has 1 fully saturated rings. The zero-order chi connectivity index (χ0) is 12.7. The molecule has 0 aliphatic carbocycles. The van der Waals surface area contributed by atoms with Crippen molar-refractivity contribution < 1.29 is 19.7 Å². The molecule has 0 amide bonds. The van der Waals surface area contributed by atoms with Crippen LogP contribution in [0, 0.1) is 0 Å². The van der Waals surface area contributed by atoms with Gasteiger partial charge < -0.3 is 19.7 Å². The van der Waals surface area contributed by atoms with E-state index in [1.54, 1.807) is 0 Å². The van der Waals surface area contributed by atoms with E-state index in [4.69, 9.17) is 19.7 Å². The van der Waals surface area contributed by atoms with Gasteiger partial charge in [0.25, 0.3) is 0 Å². The van der Waals surface area contributed by atoms with Crippen molar-refractivity contribution in [3.63, 3.8) is 0 Å². The van der Waals surface area contributed by atoms with Gasteiger partial charge in [-0.25, -0.2) is 0 Å². The summed E-state index contributed by atoms with van der Waals surface area (Å²) in [5.74, 6) is 0. The van der Waals surface area contributed by atoms with Crippen LogP contribution in [0.15, 0.2) is 0 Å². The maximum Gasteiger partial charge on any atom is 0.177 e. The molecule has 1 saturated heterocycles. The molecule has 0 aromatic carbocycles. The second kappa shape index (κ2) is 7.48. The van der Waals surface area contributed by atoms with E-state index in [0.29, 0.717) is 12.3 Å². The molecule has 0 bridgehead atoms. The Morgan fingerprint density at radius 1 is 1.41 bits per heavy atom. The van der Waals surface area contributed by atoms with E-state index in [2.05, 4.69) is 13.1 Å². The number of aliphatic hydroxyl groups excluding tert-OH is 2. The minimum Gasteiger partial charge on any atom is -0.391 e. The van der Waals surface area contributed by atoms with Crippen molar-refractivity contribution in [2.75, 3.05) is 19.8 Å². The molecule has 102 valence electrons. The normalized spacial score (nSPS) is 23.6. The van der Waals surface area contributed by atoms with Gasteiger partial charge in [0, 0.05) is 18.9 Å². The standard InChI is InChI=1S/C12H26O4Si/c1-17(2,12-6-3-4-7-16-12)9-5-8-15-11(14)10-13/h11-14H,3-10H2,1-2H3. The van der Waals surface area contributed by atoms with Gasteiger partial charge in [-0.15, -0.1) is 0 Å². The maximum absolute atomic E-state index is 9.05. The molecule has 17 heavy (non-hydrogen) atoms. The van der Waals surface area contributed by atoms with E-state index in [-0.39, 0.29) is 6.61 Å². The van der Waals surface area contributed by atoms with Gasteiger partial charge >= 0.3 is 0 Å². The molecular weight excluding hydrogens is 236 g/mol. The van der Waals surface area contributed by atoms with Gasteiger partial charge in [0.15, 0.2) is 6.29 Å². The first-order valence-corrected chi connectivity index (χ1v) is 9.87. The summed E-state index contributed by atoms with van der Waals surface area (Å²) in [7, 11) is -1.33. The van der Waals surface area contributed by atoms with Crippen molar-refractivity contribution in [2.24, 2.45) is 0 Å². The van der Waals surface area contributed by atoms with Crippen LogP contribution >= 0.6 is 0 Å². The molecule has 0 saturated carbocycles. The molecule has 0 spiro atoms. The molecule has 5 heteroatoms. The predicted molar refractivity (Wildman–Crippen MR) is 69.5 cm³/mol. The number of hydrogen-bond donors (Lipinski definition) is 2. The summed E-state index contributed by atoms with van der Waals surface area (Å²) in [6.45, 7) is 5.84. The van der Waals surface area contributed by atoms with E-state index in [9.17, 15) is 0 Å². The Kier molecular flexibility index (Phi) is 6.65. The number of ether oxygens (including phenoxy) is 2. The van der Waals surface area contributed by atoms with E-state index >= 15 is 0 Å². The first kappa shape index (κ1) is 15.1. The smallest absolute Gasteiger partial charge is 0.177 e. The Balaban J connectivity index is 2.19. The molecule has 1 rings (SSSR count). The van der Waals surface area contributed by atoms with Crippen LogP contribution in [0.4, 0.5) is 0 Å². The highest BCUT2D eigenvalue weighted by atomic mass is 28.3. The summed E-state index contributed by atoms with van der Waals surface area (Å²) in [4.78, 5) is 0. The van der Waals surface area contributed by atoms with Gasteiger partial charge in [0.1, 0.15) is 0 Å². The fraction of sp³-hybridized carbons (Fsp3) is 1.00.